The number of hydrogen-bond acceptors (Lipinski definition) is 3. The van der Waals surface area contributed by atoms with E-state index in [2.05, 4.69) is 0 Å². The Morgan fingerprint density at radius 3 is 2.73 bits per heavy atom. The molecule has 114 valence electrons. The SMILES string of the molecule is CCOc1ccc2c(sc3cc(OC4CCC4)ccc32)c1F. The molecule has 4 heteroatoms. The van der Waals surface area contributed by atoms with Crippen LogP contribution in [0.4, 0.5) is 4.39 Å². The first-order valence-electron chi connectivity index (χ1n) is 7.70. The monoisotopic (exact) mass is 316 g/mol. The lowest BCUT2D eigenvalue weighted by molar-refractivity contribution is 0.120. The Morgan fingerprint density at radius 2 is 2.00 bits per heavy atom. The van der Waals surface area contributed by atoms with Crippen LogP contribution in [0.3, 0.4) is 0 Å². The summed E-state index contributed by atoms with van der Waals surface area (Å²) < 4.78 is 27.5. The van der Waals surface area contributed by atoms with Gasteiger partial charge in [0.15, 0.2) is 11.6 Å². The fourth-order valence-electron chi connectivity index (χ4n) is 2.79. The first-order chi connectivity index (χ1) is 10.8. The van der Waals surface area contributed by atoms with Gasteiger partial charge in [-0.3, -0.25) is 0 Å². The van der Waals surface area contributed by atoms with Crippen LogP contribution in [0.15, 0.2) is 30.3 Å². The number of benzene rings is 2. The smallest absolute Gasteiger partial charge is 0.182 e. The van der Waals surface area contributed by atoms with Crippen molar-refractivity contribution >= 4 is 31.5 Å². The van der Waals surface area contributed by atoms with Crippen molar-refractivity contribution in [2.45, 2.75) is 32.3 Å². The van der Waals surface area contributed by atoms with Crippen molar-refractivity contribution in [1.29, 1.82) is 0 Å². The van der Waals surface area contributed by atoms with Gasteiger partial charge in [0.25, 0.3) is 0 Å². The second kappa shape index (κ2) is 5.43. The van der Waals surface area contributed by atoms with Crippen LogP contribution in [-0.4, -0.2) is 12.7 Å². The average molecular weight is 316 g/mol. The van der Waals surface area contributed by atoms with Gasteiger partial charge < -0.3 is 9.47 Å². The molecule has 2 aromatic carbocycles. The van der Waals surface area contributed by atoms with E-state index < -0.39 is 0 Å². The van der Waals surface area contributed by atoms with Crippen LogP contribution in [0, 0.1) is 5.82 Å². The van der Waals surface area contributed by atoms with E-state index >= 15 is 0 Å². The van der Waals surface area contributed by atoms with Crippen LogP contribution in [0.25, 0.3) is 20.2 Å². The maximum Gasteiger partial charge on any atom is 0.182 e. The lowest BCUT2D eigenvalue weighted by Crippen LogP contribution is -2.24. The van der Waals surface area contributed by atoms with Crippen LogP contribution < -0.4 is 9.47 Å². The number of fused-ring (bicyclic) bond motifs is 3. The summed E-state index contributed by atoms with van der Waals surface area (Å²) in [5, 5.41) is 2.01. The minimum Gasteiger partial charge on any atom is -0.491 e. The maximum atomic E-state index is 14.5. The van der Waals surface area contributed by atoms with Gasteiger partial charge >= 0.3 is 0 Å². The molecule has 1 saturated carbocycles. The van der Waals surface area contributed by atoms with Gasteiger partial charge in [-0.2, -0.15) is 0 Å². The molecule has 1 heterocycles. The van der Waals surface area contributed by atoms with Crippen LogP contribution in [0.2, 0.25) is 0 Å². The van der Waals surface area contributed by atoms with Crippen molar-refractivity contribution in [2.24, 2.45) is 0 Å². The fourth-order valence-corrected chi connectivity index (χ4v) is 3.95. The van der Waals surface area contributed by atoms with Gasteiger partial charge in [-0.1, -0.05) is 0 Å². The van der Waals surface area contributed by atoms with Gasteiger partial charge in [-0.15, -0.1) is 11.3 Å². The molecule has 0 aliphatic heterocycles. The van der Waals surface area contributed by atoms with E-state index in [0.717, 1.165) is 34.1 Å². The number of ether oxygens (including phenoxy) is 2. The number of rotatable bonds is 4. The molecule has 0 unspecified atom stereocenters. The lowest BCUT2D eigenvalue weighted by Gasteiger charge is -2.26. The molecule has 0 N–H and O–H groups in total. The molecule has 1 fully saturated rings. The molecule has 0 bridgehead atoms. The van der Waals surface area contributed by atoms with E-state index in [4.69, 9.17) is 9.47 Å². The Morgan fingerprint density at radius 1 is 1.18 bits per heavy atom. The molecule has 2 nitrogen and oxygen atoms in total. The highest BCUT2D eigenvalue weighted by Crippen LogP contribution is 2.40. The van der Waals surface area contributed by atoms with Gasteiger partial charge in [0.1, 0.15) is 5.75 Å². The van der Waals surface area contributed by atoms with Crippen molar-refractivity contribution in [3.63, 3.8) is 0 Å². The maximum absolute atomic E-state index is 14.5. The van der Waals surface area contributed by atoms with Gasteiger partial charge in [-0.05, 0) is 56.5 Å². The molecule has 1 aliphatic carbocycles. The summed E-state index contributed by atoms with van der Waals surface area (Å²) >= 11 is 1.46. The highest BCUT2D eigenvalue weighted by atomic mass is 32.1. The summed E-state index contributed by atoms with van der Waals surface area (Å²) in [7, 11) is 0. The average Bonchev–Trinajstić information content (AvgIpc) is 2.85. The Labute approximate surface area is 132 Å². The standard InChI is InChI=1S/C18H17FO2S/c1-2-20-15-9-8-14-13-7-6-12(21-11-4-3-5-11)10-16(13)22-18(14)17(15)19/h6-11H,2-5H2,1H3. The summed E-state index contributed by atoms with van der Waals surface area (Å²) in [6, 6.07) is 9.70. The minimum absolute atomic E-state index is 0.262. The van der Waals surface area contributed by atoms with Gasteiger partial charge in [0.05, 0.1) is 17.4 Å². The highest BCUT2D eigenvalue weighted by Gasteiger charge is 2.20. The molecule has 0 atom stereocenters. The lowest BCUT2D eigenvalue weighted by atomic mass is 9.96. The zero-order valence-corrected chi connectivity index (χ0v) is 13.2. The normalized spacial score (nSPS) is 15.2. The number of halogens is 1. The molecule has 0 amide bonds. The van der Waals surface area contributed by atoms with E-state index in [1.165, 1.54) is 17.8 Å². The zero-order valence-electron chi connectivity index (χ0n) is 12.4. The third-order valence-electron chi connectivity index (χ3n) is 4.17. The number of thiophene rings is 1. The Bertz CT molecular complexity index is 836. The first-order valence-corrected chi connectivity index (χ1v) is 8.52. The molecular weight excluding hydrogens is 299 g/mol. The molecule has 1 aliphatic rings. The summed E-state index contributed by atoms with van der Waals surface area (Å²) in [5.74, 6) is 0.948. The van der Waals surface area contributed by atoms with Crippen molar-refractivity contribution in [2.75, 3.05) is 6.61 Å². The van der Waals surface area contributed by atoms with E-state index in [0.29, 0.717) is 23.2 Å². The summed E-state index contributed by atoms with van der Waals surface area (Å²) in [5.41, 5.74) is 0. The Kier molecular flexibility index (Phi) is 3.41. The van der Waals surface area contributed by atoms with Gasteiger partial charge in [0, 0.05) is 15.5 Å². The molecular formula is C18H17FO2S. The summed E-state index contributed by atoms with van der Waals surface area (Å²) in [6.07, 6.45) is 3.88. The third-order valence-corrected chi connectivity index (χ3v) is 5.33. The van der Waals surface area contributed by atoms with Crippen LogP contribution >= 0.6 is 11.3 Å². The second-order valence-electron chi connectivity index (χ2n) is 5.62. The van der Waals surface area contributed by atoms with E-state index in [-0.39, 0.29) is 5.82 Å². The largest absolute Gasteiger partial charge is 0.491 e. The van der Waals surface area contributed by atoms with Crippen molar-refractivity contribution in [3.8, 4) is 11.5 Å². The third kappa shape index (κ3) is 2.22. The zero-order chi connectivity index (χ0) is 15.1. The first kappa shape index (κ1) is 13.8. The van der Waals surface area contributed by atoms with Crippen molar-refractivity contribution in [3.05, 3.63) is 36.1 Å². The topological polar surface area (TPSA) is 18.5 Å². The van der Waals surface area contributed by atoms with Crippen LogP contribution in [0.1, 0.15) is 26.2 Å². The second-order valence-corrected chi connectivity index (χ2v) is 6.67. The fraction of sp³-hybridized carbons (Fsp3) is 0.333. The molecule has 0 radical (unpaired) electrons. The molecule has 22 heavy (non-hydrogen) atoms. The molecule has 0 saturated heterocycles. The Balaban J connectivity index is 1.79. The number of hydrogen-bond donors (Lipinski definition) is 0. The van der Waals surface area contributed by atoms with Crippen LogP contribution in [-0.2, 0) is 0 Å². The predicted octanol–water partition coefficient (Wildman–Crippen LogP) is 5.52. The van der Waals surface area contributed by atoms with E-state index in [1.54, 1.807) is 6.07 Å². The van der Waals surface area contributed by atoms with Crippen LogP contribution in [0.5, 0.6) is 11.5 Å². The predicted molar refractivity (Wildman–Crippen MR) is 88.7 cm³/mol. The molecule has 0 spiro atoms. The quantitative estimate of drug-likeness (QED) is 0.630. The Hall–Kier alpha value is -1.81. The van der Waals surface area contributed by atoms with E-state index in [9.17, 15) is 4.39 Å². The molecule has 4 rings (SSSR count). The molecule has 1 aromatic heterocycles. The van der Waals surface area contributed by atoms with Gasteiger partial charge in [0.2, 0.25) is 0 Å². The summed E-state index contributed by atoms with van der Waals surface area (Å²) in [4.78, 5) is 0. The van der Waals surface area contributed by atoms with E-state index in [1.807, 2.05) is 31.2 Å². The minimum atomic E-state index is -0.262. The van der Waals surface area contributed by atoms with Crippen molar-refractivity contribution < 1.29 is 13.9 Å². The van der Waals surface area contributed by atoms with Gasteiger partial charge in [-0.25, -0.2) is 4.39 Å². The molecule has 3 aromatic rings. The highest BCUT2D eigenvalue weighted by molar-refractivity contribution is 7.25. The summed E-state index contributed by atoms with van der Waals surface area (Å²) in [6.45, 7) is 2.32. The van der Waals surface area contributed by atoms with Crippen molar-refractivity contribution in [1.82, 2.24) is 0 Å².